The van der Waals surface area contributed by atoms with Crippen LogP contribution in [0.15, 0.2) is 52.3 Å². The predicted octanol–water partition coefficient (Wildman–Crippen LogP) is 4.23. The minimum atomic E-state index is 0.305. The van der Waals surface area contributed by atoms with Crippen LogP contribution in [0.5, 0.6) is 0 Å². The summed E-state index contributed by atoms with van der Waals surface area (Å²) in [7, 11) is 0. The highest BCUT2D eigenvalue weighted by Gasteiger charge is 2.09. The summed E-state index contributed by atoms with van der Waals surface area (Å²) in [6.07, 6.45) is 0. The van der Waals surface area contributed by atoms with E-state index in [2.05, 4.69) is 0 Å². The summed E-state index contributed by atoms with van der Waals surface area (Å²) in [5.74, 6) is 0. The van der Waals surface area contributed by atoms with E-state index in [0.717, 1.165) is 9.79 Å². The van der Waals surface area contributed by atoms with Crippen LogP contribution in [0.3, 0.4) is 0 Å². The van der Waals surface area contributed by atoms with E-state index in [0.29, 0.717) is 16.1 Å². The second-order valence-electron chi connectivity index (χ2n) is 3.47. The highest BCUT2D eigenvalue weighted by molar-refractivity contribution is 7.99. The van der Waals surface area contributed by atoms with Crippen LogP contribution in [-0.4, -0.2) is 0 Å². The van der Waals surface area contributed by atoms with E-state index in [-0.39, 0.29) is 0 Å². The third-order valence-corrected chi connectivity index (χ3v) is 3.77. The van der Waals surface area contributed by atoms with Crippen molar-refractivity contribution >= 4 is 23.4 Å². The molecule has 0 saturated heterocycles. The van der Waals surface area contributed by atoms with Crippen molar-refractivity contribution in [3.63, 3.8) is 0 Å². The number of benzene rings is 2. The maximum Gasteiger partial charge on any atom is 0.101 e. The van der Waals surface area contributed by atoms with Crippen molar-refractivity contribution in [1.82, 2.24) is 0 Å². The van der Waals surface area contributed by atoms with Gasteiger partial charge in [-0.1, -0.05) is 41.6 Å². The Morgan fingerprint density at radius 2 is 1.56 bits per heavy atom. The quantitative estimate of drug-likeness (QED) is 0.820. The zero-order valence-electron chi connectivity index (χ0n) is 9.22. The molecule has 0 unspecified atom stereocenters. The van der Waals surface area contributed by atoms with Gasteiger partial charge in [0.15, 0.2) is 0 Å². The molecule has 0 aliphatic carbocycles. The molecule has 0 radical (unpaired) electrons. The van der Waals surface area contributed by atoms with E-state index in [1.807, 2.05) is 42.5 Å². The van der Waals surface area contributed by atoms with E-state index >= 15 is 0 Å². The monoisotopic (exact) mass is 270 g/mol. The van der Waals surface area contributed by atoms with E-state index in [1.165, 1.54) is 17.8 Å². The SMILES string of the molecule is N#Cc1cc(Cl)c(Sc2ccccc2)cc1C#N. The molecule has 86 valence electrons. The first-order chi connectivity index (χ1) is 8.74. The summed E-state index contributed by atoms with van der Waals surface area (Å²) >= 11 is 7.58. The molecule has 4 heteroatoms. The van der Waals surface area contributed by atoms with Crippen molar-refractivity contribution < 1.29 is 0 Å². The first-order valence-corrected chi connectivity index (χ1v) is 6.30. The van der Waals surface area contributed by atoms with Gasteiger partial charge in [-0.3, -0.25) is 0 Å². The number of rotatable bonds is 2. The number of nitriles is 2. The Labute approximate surface area is 114 Å². The van der Waals surface area contributed by atoms with E-state index < -0.39 is 0 Å². The van der Waals surface area contributed by atoms with Crippen LogP contribution in [0.2, 0.25) is 5.02 Å². The molecule has 0 aliphatic rings. The summed E-state index contributed by atoms with van der Waals surface area (Å²) in [4.78, 5) is 1.81. The van der Waals surface area contributed by atoms with Gasteiger partial charge in [0.1, 0.15) is 12.1 Å². The third kappa shape index (κ3) is 2.65. The second-order valence-corrected chi connectivity index (χ2v) is 4.99. The van der Waals surface area contributed by atoms with E-state index in [4.69, 9.17) is 22.1 Å². The summed E-state index contributed by atoms with van der Waals surface area (Å²) in [5, 5.41) is 18.4. The molecule has 0 bridgehead atoms. The molecular formula is C14H7ClN2S. The smallest absolute Gasteiger partial charge is 0.101 e. The lowest BCUT2D eigenvalue weighted by molar-refractivity contribution is 1.35. The molecule has 0 atom stereocenters. The Kier molecular flexibility index (Phi) is 3.89. The van der Waals surface area contributed by atoms with Gasteiger partial charge >= 0.3 is 0 Å². The minimum absolute atomic E-state index is 0.305. The fraction of sp³-hybridized carbons (Fsp3) is 0. The van der Waals surface area contributed by atoms with Crippen LogP contribution in [0.1, 0.15) is 11.1 Å². The van der Waals surface area contributed by atoms with Gasteiger partial charge in [-0.05, 0) is 24.3 Å². The molecule has 2 aromatic rings. The van der Waals surface area contributed by atoms with Gasteiger partial charge in [0, 0.05) is 9.79 Å². The van der Waals surface area contributed by atoms with Crippen molar-refractivity contribution in [3.05, 3.63) is 58.6 Å². The normalized spacial score (nSPS) is 9.50. The Morgan fingerprint density at radius 3 is 2.17 bits per heavy atom. The van der Waals surface area contributed by atoms with Crippen LogP contribution in [0.4, 0.5) is 0 Å². The average Bonchev–Trinajstić information content (AvgIpc) is 2.41. The van der Waals surface area contributed by atoms with Gasteiger partial charge in [-0.25, -0.2) is 0 Å². The van der Waals surface area contributed by atoms with Gasteiger partial charge in [-0.2, -0.15) is 10.5 Å². The molecule has 0 heterocycles. The molecule has 0 spiro atoms. The zero-order chi connectivity index (χ0) is 13.0. The van der Waals surface area contributed by atoms with Crippen molar-refractivity contribution in [1.29, 1.82) is 10.5 Å². The molecule has 0 aromatic heterocycles. The first-order valence-electron chi connectivity index (χ1n) is 5.11. The molecule has 0 amide bonds. The molecule has 18 heavy (non-hydrogen) atoms. The average molecular weight is 271 g/mol. The Morgan fingerprint density at radius 1 is 0.944 bits per heavy atom. The number of hydrogen-bond donors (Lipinski definition) is 0. The zero-order valence-corrected chi connectivity index (χ0v) is 10.8. The topological polar surface area (TPSA) is 47.6 Å². The van der Waals surface area contributed by atoms with Gasteiger partial charge < -0.3 is 0 Å². The number of halogens is 1. The standard InChI is InChI=1S/C14H7ClN2S/c15-13-6-10(8-16)11(9-17)7-14(13)18-12-4-2-1-3-5-12/h1-7H. The van der Waals surface area contributed by atoms with E-state index in [9.17, 15) is 0 Å². The lowest BCUT2D eigenvalue weighted by atomic mass is 10.1. The van der Waals surface area contributed by atoms with Crippen LogP contribution in [0.25, 0.3) is 0 Å². The van der Waals surface area contributed by atoms with Gasteiger partial charge in [0.25, 0.3) is 0 Å². The highest BCUT2D eigenvalue weighted by Crippen LogP contribution is 2.34. The van der Waals surface area contributed by atoms with Crippen LogP contribution in [-0.2, 0) is 0 Å². The fourth-order valence-electron chi connectivity index (χ4n) is 1.43. The molecular weight excluding hydrogens is 264 g/mol. The Balaban J connectivity index is 2.41. The van der Waals surface area contributed by atoms with Crippen molar-refractivity contribution in [2.75, 3.05) is 0 Å². The molecule has 2 nitrogen and oxygen atoms in total. The molecule has 0 aliphatic heterocycles. The number of nitrogens with zero attached hydrogens (tertiary/aromatic N) is 2. The lowest BCUT2D eigenvalue weighted by Gasteiger charge is -2.05. The predicted molar refractivity (Wildman–Crippen MR) is 71.4 cm³/mol. The molecule has 0 saturated carbocycles. The lowest BCUT2D eigenvalue weighted by Crippen LogP contribution is -1.86. The highest BCUT2D eigenvalue weighted by atomic mass is 35.5. The van der Waals surface area contributed by atoms with Crippen molar-refractivity contribution in [2.45, 2.75) is 9.79 Å². The van der Waals surface area contributed by atoms with Gasteiger partial charge in [0.2, 0.25) is 0 Å². The summed E-state index contributed by atoms with van der Waals surface area (Å²) in [6, 6.07) is 16.9. The number of hydrogen-bond acceptors (Lipinski definition) is 3. The summed E-state index contributed by atoms with van der Waals surface area (Å²) in [5.41, 5.74) is 0.653. The fourth-order valence-corrected chi connectivity index (χ4v) is 2.59. The maximum atomic E-state index is 8.98. The molecule has 2 aromatic carbocycles. The largest absolute Gasteiger partial charge is 0.192 e. The third-order valence-electron chi connectivity index (χ3n) is 2.28. The molecule has 0 N–H and O–H groups in total. The van der Waals surface area contributed by atoms with Gasteiger partial charge in [0.05, 0.1) is 16.1 Å². The van der Waals surface area contributed by atoms with Crippen LogP contribution < -0.4 is 0 Å². The summed E-state index contributed by atoms with van der Waals surface area (Å²) < 4.78 is 0. The minimum Gasteiger partial charge on any atom is -0.192 e. The molecule has 2 rings (SSSR count). The maximum absolute atomic E-state index is 8.98. The van der Waals surface area contributed by atoms with E-state index in [1.54, 1.807) is 6.07 Å². The Bertz CT molecular complexity index is 654. The molecule has 0 fully saturated rings. The van der Waals surface area contributed by atoms with Crippen molar-refractivity contribution in [2.24, 2.45) is 0 Å². The first kappa shape index (κ1) is 12.5. The summed E-state index contributed by atoms with van der Waals surface area (Å²) in [6.45, 7) is 0. The Hall–Kier alpha value is -1.94. The van der Waals surface area contributed by atoms with Crippen LogP contribution in [0, 0.1) is 22.7 Å². The van der Waals surface area contributed by atoms with Crippen molar-refractivity contribution in [3.8, 4) is 12.1 Å². The van der Waals surface area contributed by atoms with Gasteiger partial charge in [-0.15, -0.1) is 0 Å². The van der Waals surface area contributed by atoms with Crippen LogP contribution >= 0.6 is 23.4 Å². The second kappa shape index (κ2) is 5.60.